The highest BCUT2D eigenvalue weighted by atomic mass is 35.5. The highest BCUT2D eigenvalue weighted by Crippen LogP contribution is 2.32. The molecule has 1 aromatic carbocycles. The Morgan fingerprint density at radius 3 is 2.59 bits per heavy atom. The molecule has 0 radical (unpaired) electrons. The second-order valence-electron chi connectivity index (χ2n) is 3.67. The normalized spacial score (nSPS) is 10.1. The zero-order valence-electron chi connectivity index (χ0n) is 9.76. The molecule has 0 aliphatic rings. The Hall–Kier alpha value is -1.13. The second-order valence-corrected chi connectivity index (χ2v) is 4.48. The van der Waals surface area contributed by atoms with Gasteiger partial charge >= 0.3 is 0 Å². The Bertz CT molecular complexity index is 423. The average Bonchev–Trinajstić information content (AvgIpc) is 2.30. The summed E-state index contributed by atoms with van der Waals surface area (Å²) in [5, 5.41) is 3.43. The van der Waals surface area contributed by atoms with E-state index in [1.165, 1.54) is 0 Å². The monoisotopic (exact) mass is 275 g/mol. The van der Waals surface area contributed by atoms with Gasteiger partial charge in [-0.15, -0.1) is 0 Å². The second kappa shape index (κ2) is 5.98. The van der Waals surface area contributed by atoms with Crippen molar-refractivity contribution in [3.05, 3.63) is 22.2 Å². The minimum Gasteiger partial charge on any atom is -0.397 e. The molecule has 0 aliphatic heterocycles. The van der Waals surface area contributed by atoms with Crippen molar-refractivity contribution in [3.8, 4) is 0 Å². The molecular formula is C11H15Cl2N3O. The summed E-state index contributed by atoms with van der Waals surface area (Å²) in [6, 6.07) is 3.30. The predicted molar refractivity (Wildman–Crippen MR) is 72.8 cm³/mol. The molecular weight excluding hydrogens is 261 g/mol. The number of nitrogen functional groups attached to an aromatic ring is 1. The third-order valence-electron chi connectivity index (χ3n) is 2.43. The van der Waals surface area contributed by atoms with Gasteiger partial charge in [0.1, 0.15) is 0 Å². The number of hydrogen-bond acceptors (Lipinski definition) is 3. The SMILES string of the molecule is CNC(=O)CCN(C)c1cc(Cl)c(Cl)cc1N. The van der Waals surface area contributed by atoms with Crippen LogP contribution < -0.4 is 16.0 Å². The molecule has 0 unspecified atom stereocenters. The quantitative estimate of drug-likeness (QED) is 0.828. The van der Waals surface area contributed by atoms with E-state index in [0.717, 1.165) is 5.69 Å². The molecule has 0 atom stereocenters. The van der Waals surface area contributed by atoms with Crippen molar-refractivity contribution in [3.63, 3.8) is 0 Å². The molecule has 0 heterocycles. The van der Waals surface area contributed by atoms with Crippen molar-refractivity contribution in [1.82, 2.24) is 5.32 Å². The first-order valence-corrected chi connectivity index (χ1v) is 5.87. The summed E-state index contributed by atoms with van der Waals surface area (Å²) in [5.41, 5.74) is 7.15. The molecule has 17 heavy (non-hydrogen) atoms. The summed E-state index contributed by atoms with van der Waals surface area (Å²) in [7, 11) is 3.45. The Morgan fingerprint density at radius 1 is 1.41 bits per heavy atom. The molecule has 6 heteroatoms. The van der Waals surface area contributed by atoms with Crippen molar-refractivity contribution in [2.24, 2.45) is 0 Å². The van der Waals surface area contributed by atoms with Crippen molar-refractivity contribution in [2.75, 3.05) is 31.3 Å². The van der Waals surface area contributed by atoms with Crippen LogP contribution in [0.4, 0.5) is 11.4 Å². The molecule has 0 aromatic heterocycles. The third kappa shape index (κ3) is 3.68. The van der Waals surface area contributed by atoms with E-state index in [4.69, 9.17) is 28.9 Å². The Labute approximate surface area is 111 Å². The number of rotatable bonds is 4. The van der Waals surface area contributed by atoms with Gasteiger partial charge in [0.25, 0.3) is 0 Å². The van der Waals surface area contributed by atoms with E-state index < -0.39 is 0 Å². The number of nitrogens with zero attached hydrogens (tertiary/aromatic N) is 1. The minimum absolute atomic E-state index is 0.0181. The predicted octanol–water partition coefficient (Wildman–Crippen LogP) is 2.15. The number of carbonyl (C=O) groups is 1. The lowest BCUT2D eigenvalue weighted by Crippen LogP contribution is -2.26. The minimum atomic E-state index is -0.0181. The fourth-order valence-electron chi connectivity index (χ4n) is 1.40. The number of nitrogens with two attached hydrogens (primary N) is 1. The van der Waals surface area contributed by atoms with Crippen LogP contribution in [0.15, 0.2) is 12.1 Å². The lowest BCUT2D eigenvalue weighted by Gasteiger charge is -2.21. The van der Waals surface area contributed by atoms with Gasteiger partial charge in [0.15, 0.2) is 0 Å². The van der Waals surface area contributed by atoms with Crippen LogP contribution in [0.2, 0.25) is 10.0 Å². The maximum Gasteiger partial charge on any atom is 0.221 e. The summed E-state index contributed by atoms with van der Waals surface area (Å²) >= 11 is 11.8. The molecule has 0 aliphatic carbocycles. The fraction of sp³-hybridized carbons (Fsp3) is 0.364. The molecule has 1 amide bonds. The van der Waals surface area contributed by atoms with Gasteiger partial charge < -0.3 is 16.0 Å². The van der Waals surface area contributed by atoms with Crippen LogP contribution in [0.1, 0.15) is 6.42 Å². The van der Waals surface area contributed by atoms with Gasteiger partial charge in [-0.3, -0.25) is 4.79 Å². The average molecular weight is 276 g/mol. The van der Waals surface area contributed by atoms with Gasteiger partial charge in [-0.2, -0.15) is 0 Å². The Kier molecular flexibility index (Phi) is 4.90. The highest BCUT2D eigenvalue weighted by Gasteiger charge is 2.10. The van der Waals surface area contributed by atoms with Gasteiger partial charge in [-0.25, -0.2) is 0 Å². The molecule has 0 spiro atoms. The van der Waals surface area contributed by atoms with Crippen LogP contribution in [0.3, 0.4) is 0 Å². The zero-order chi connectivity index (χ0) is 13.0. The number of hydrogen-bond donors (Lipinski definition) is 2. The van der Waals surface area contributed by atoms with E-state index in [-0.39, 0.29) is 5.91 Å². The van der Waals surface area contributed by atoms with Crippen LogP contribution in [0.25, 0.3) is 0 Å². The zero-order valence-corrected chi connectivity index (χ0v) is 11.3. The number of amides is 1. The first-order chi connectivity index (χ1) is 7.95. The van der Waals surface area contributed by atoms with Crippen molar-refractivity contribution < 1.29 is 4.79 Å². The molecule has 1 aromatic rings. The fourth-order valence-corrected chi connectivity index (χ4v) is 1.73. The third-order valence-corrected chi connectivity index (χ3v) is 3.16. The van der Waals surface area contributed by atoms with Crippen LogP contribution in [-0.4, -0.2) is 26.5 Å². The van der Waals surface area contributed by atoms with E-state index in [2.05, 4.69) is 5.32 Å². The maximum atomic E-state index is 11.1. The van der Waals surface area contributed by atoms with Crippen molar-refractivity contribution in [2.45, 2.75) is 6.42 Å². The van der Waals surface area contributed by atoms with E-state index in [1.54, 1.807) is 19.2 Å². The lowest BCUT2D eigenvalue weighted by molar-refractivity contribution is -0.120. The van der Waals surface area contributed by atoms with Gasteiger partial charge in [0.2, 0.25) is 5.91 Å². The molecule has 3 N–H and O–H groups in total. The molecule has 0 fully saturated rings. The standard InChI is InChI=1S/C11H15Cl2N3O/c1-15-11(17)3-4-16(2)10-6-8(13)7(12)5-9(10)14/h5-6H,3-4,14H2,1-2H3,(H,15,17). The number of halogens is 2. The summed E-state index contributed by atoms with van der Waals surface area (Å²) in [6.45, 7) is 0.557. The first-order valence-electron chi connectivity index (χ1n) is 5.12. The van der Waals surface area contributed by atoms with E-state index >= 15 is 0 Å². The van der Waals surface area contributed by atoms with Gasteiger partial charge in [0.05, 0.1) is 21.4 Å². The molecule has 4 nitrogen and oxygen atoms in total. The van der Waals surface area contributed by atoms with Crippen LogP contribution in [-0.2, 0) is 4.79 Å². The lowest BCUT2D eigenvalue weighted by atomic mass is 10.2. The first kappa shape index (κ1) is 13.9. The molecule has 94 valence electrons. The molecule has 0 bridgehead atoms. The maximum absolute atomic E-state index is 11.1. The van der Waals surface area contributed by atoms with Crippen LogP contribution in [0.5, 0.6) is 0 Å². The number of anilines is 2. The molecule has 1 rings (SSSR count). The van der Waals surface area contributed by atoms with E-state index in [9.17, 15) is 4.79 Å². The Morgan fingerprint density at radius 2 is 2.00 bits per heavy atom. The highest BCUT2D eigenvalue weighted by molar-refractivity contribution is 6.42. The number of carbonyl (C=O) groups excluding carboxylic acids is 1. The summed E-state index contributed by atoms with van der Waals surface area (Å²) < 4.78 is 0. The molecule has 0 saturated heterocycles. The topological polar surface area (TPSA) is 58.4 Å². The smallest absolute Gasteiger partial charge is 0.221 e. The number of benzene rings is 1. The summed E-state index contributed by atoms with van der Waals surface area (Å²) in [4.78, 5) is 13.0. The van der Waals surface area contributed by atoms with Gasteiger partial charge in [-0.05, 0) is 12.1 Å². The van der Waals surface area contributed by atoms with E-state index in [1.807, 2.05) is 11.9 Å². The summed E-state index contributed by atoms with van der Waals surface area (Å²) in [6.07, 6.45) is 0.396. The van der Waals surface area contributed by atoms with Crippen LogP contribution >= 0.6 is 23.2 Å². The van der Waals surface area contributed by atoms with E-state index in [0.29, 0.717) is 28.7 Å². The van der Waals surface area contributed by atoms with Crippen molar-refractivity contribution in [1.29, 1.82) is 0 Å². The largest absolute Gasteiger partial charge is 0.397 e. The number of nitrogens with one attached hydrogen (secondary N) is 1. The summed E-state index contributed by atoms with van der Waals surface area (Å²) in [5.74, 6) is -0.0181. The van der Waals surface area contributed by atoms with Crippen LogP contribution in [0, 0.1) is 0 Å². The molecule has 0 saturated carbocycles. The van der Waals surface area contributed by atoms with Gasteiger partial charge in [0, 0.05) is 27.1 Å². The van der Waals surface area contributed by atoms with Gasteiger partial charge in [-0.1, -0.05) is 23.2 Å². The Balaban J connectivity index is 2.78. The van der Waals surface area contributed by atoms with Crippen molar-refractivity contribution >= 4 is 40.5 Å².